The number of nitrogens with zero attached hydrogens (tertiary/aromatic N) is 2. The van der Waals surface area contributed by atoms with Crippen molar-refractivity contribution in [2.45, 2.75) is 81.5 Å². The van der Waals surface area contributed by atoms with Crippen molar-refractivity contribution in [2.24, 2.45) is 11.3 Å². The third-order valence-electron chi connectivity index (χ3n) is 11.3. The molecule has 7 unspecified atom stereocenters. The summed E-state index contributed by atoms with van der Waals surface area (Å²) in [4.78, 5) is 4.38. The van der Waals surface area contributed by atoms with Crippen molar-refractivity contribution in [1.29, 1.82) is 0 Å². The standard InChI is InChI=1S/C32H41N2O3/c1-30-12-10-26-19-25-6-7-27(34(2,35)16-17-36-3)20-31(25)13-14-32(26,37-31)29(30)9-8-28(30)23-5-4-22-11-15-33-21-24(22)18-23/h4-5,10-11,15,18-19,21,27-29,35H,6-9,12-14,16-17,20H2,1-3H3/q+1. The normalized spacial score (nSPS) is 39.8. The lowest BCUT2D eigenvalue weighted by atomic mass is 9.58. The molecule has 3 aliphatic carbocycles. The minimum Gasteiger partial charge on any atom is -0.379 e. The van der Waals surface area contributed by atoms with Gasteiger partial charge in [-0.05, 0) is 90.0 Å². The maximum absolute atomic E-state index is 11.3. The quantitative estimate of drug-likeness (QED) is 0.384. The van der Waals surface area contributed by atoms with Gasteiger partial charge >= 0.3 is 0 Å². The number of allylic oxidation sites excluding steroid dienone is 1. The minimum absolute atomic E-state index is 0.0297. The van der Waals surface area contributed by atoms with E-state index in [1.165, 1.54) is 40.3 Å². The Morgan fingerprint density at radius 2 is 2.05 bits per heavy atom. The fraction of sp³-hybridized carbons (Fsp3) is 0.594. The summed E-state index contributed by atoms with van der Waals surface area (Å²) in [5, 5.41) is 13.8. The summed E-state index contributed by atoms with van der Waals surface area (Å²) in [7, 11) is 3.66. The molecule has 5 aliphatic rings. The topological polar surface area (TPSA) is 51.6 Å². The molecule has 2 aromatic rings. The predicted octanol–water partition coefficient (Wildman–Crippen LogP) is 6.33. The highest BCUT2D eigenvalue weighted by atomic mass is 16.6. The van der Waals surface area contributed by atoms with Gasteiger partial charge in [0.05, 0.1) is 24.9 Å². The lowest BCUT2D eigenvalue weighted by Crippen LogP contribution is -2.59. The van der Waals surface area contributed by atoms with Crippen molar-refractivity contribution in [1.82, 2.24) is 4.98 Å². The fourth-order valence-electron chi connectivity index (χ4n) is 9.18. The van der Waals surface area contributed by atoms with Crippen LogP contribution in [0.5, 0.6) is 0 Å². The second kappa shape index (κ2) is 8.22. The summed E-state index contributed by atoms with van der Waals surface area (Å²) < 4.78 is 12.8. The molecule has 2 saturated carbocycles. The van der Waals surface area contributed by atoms with E-state index in [9.17, 15) is 5.21 Å². The number of methoxy groups -OCH3 is 1. The number of likely N-dealkylation sites (N-methyl/N-ethyl adjacent to an activating group) is 1. The van der Waals surface area contributed by atoms with Crippen LogP contribution in [0.4, 0.5) is 0 Å². The molecule has 5 heteroatoms. The van der Waals surface area contributed by atoms with E-state index < -0.39 is 0 Å². The number of rotatable bonds is 5. The average molecular weight is 502 g/mol. The highest BCUT2D eigenvalue weighted by Gasteiger charge is 2.67. The van der Waals surface area contributed by atoms with Crippen molar-refractivity contribution in [2.75, 3.05) is 27.3 Å². The monoisotopic (exact) mass is 501 g/mol. The van der Waals surface area contributed by atoms with Crippen LogP contribution in [-0.4, -0.2) is 59.4 Å². The van der Waals surface area contributed by atoms with Gasteiger partial charge in [-0.15, -0.1) is 0 Å². The van der Waals surface area contributed by atoms with Crippen molar-refractivity contribution in [3.8, 4) is 0 Å². The van der Waals surface area contributed by atoms with Crippen LogP contribution in [0.15, 0.2) is 60.0 Å². The Hall–Kier alpha value is -2.05. The molecule has 1 saturated heterocycles. The number of fused-ring (bicyclic) bond motifs is 2. The van der Waals surface area contributed by atoms with Gasteiger partial charge in [-0.25, -0.2) is 5.21 Å². The first-order valence-corrected chi connectivity index (χ1v) is 14.3. The molecule has 1 N–H and O–H groups in total. The molecule has 7 rings (SSSR count). The van der Waals surface area contributed by atoms with Gasteiger partial charge in [-0.2, -0.15) is 4.65 Å². The molecular formula is C32H41N2O3+. The Morgan fingerprint density at radius 1 is 1.16 bits per heavy atom. The van der Waals surface area contributed by atoms with Gasteiger partial charge in [0.1, 0.15) is 12.6 Å². The number of hydrogen-bond donors (Lipinski definition) is 1. The SMILES string of the molecule is COCC[N+](C)(O)C1CCC2=CC3=CCC4(C)C(c5ccc6ccncc6c5)CCC4C34CCC2(C1)O4. The largest absolute Gasteiger partial charge is 0.379 e. The van der Waals surface area contributed by atoms with Crippen LogP contribution in [0.3, 0.4) is 0 Å². The van der Waals surface area contributed by atoms with Crippen LogP contribution >= 0.6 is 0 Å². The zero-order valence-corrected chi connectivity index (χ0v) is 22.6. The molecule has 0 amide bonds. The number of pyridine rings is 1. The van der Waals surface area contributed by atoms with Crippen LogP contribution < -0.4 is 0 Å². The fourth-order valence-corrected chi connectivity index (χ4v) is 9.18. The molecule has 37 heavy (non-hydrogen) atoms. The zero-order chi connectivity index (χ0) is 25.5. The van der Waals surface area contributed by atoms with Crippen molar-refractivity contribution >= 4 is 10.8 Å². The molecule has 1 aromatic carbocycles. The maximum atomic E-state index is 11.3. The zero-order valence-electron chi connectivity index (χ0n) is 22.6. The number of benzene rings is 1. The molecule has 0 radical (unpaired) electrons. The van der Waals surface area contributed by atoms with Gasteiger partial charge in [-0.3, -0.25) is 4.98 Å². The van der Waals surface area contributed by atoms with Crippen LogP contribution in [0.2, 0.25) is 0 Å². The highest BCUT2D eigenvalue weighted by Crippen LogP contribution is 2.69. The molecule has 1 aromatic heterocycles. The Kier molecular flexibility index (Phi) is 5.34. The van der Waals surface area contributed by atoms with E-state index in [1.54, 1.807) is 7.11 Å². The smallest absolute Gasteiger partial charge is 0.132 e. The molecule has 2 aliphatic heterocycles. The van der Waals surface area contributed by atoms with Gasteiger partial charge in [0.2, 0.25) is 0 Å². The van der Waals surface area contributed by atoms with Crippen molar-refractivity contribution in [3.05, 3.63) is 65.5 Å². The lowest BCUT2D eigenvalue weighted by Gasteiger charge is -2.54. The Morgan fingerprint density at radius 3 is 2.92 bits per heavy atom. The van der Waals surface area contributed by atoms with Crippen LogP contribution in [-0.2, 0) is 9.47 Å². The molecule has 7 atom stereocenters. The Labute approximate surface area is 220 Å². The summed E-state index contributed by atoms with van der Waals surface area (Å²) in [6, 6.07) is 9.31. The summed E-state index contributed by atoms with van der Waals surface area (Å²) in [5.41, 5.74) is 4.21. The number of aromatic nitrogens is 1. The summed E-state index contributed by atoms with van der Waals surface area (Å²) in [6.07, 6.45) is 17.6. The van der Waals surface area contributed by atoms with E-state index in [1.807, 2.05) is 19.4 Å². The Bertz CT molecular complexity index is 1300. The Balaban J connectivity index is 1.22. The van der Waals surface area contributed by atoms with E-state index in [0.29, 0.717) is 25.0 Å². The van der Waals surface area contributed by atoms with Crippen LogP contribution in [0, 0.1) is 11.3 Å². The van der Waals surface area contributed by atoms with Gasteiger partial charge < -0.3 is 9.47 Å². The number of ether oxygens (including phenoxy) is 2. The molecule has 2 spiro atoms. The van der Waals surface area contributed by atoms with E-state index in [0.717, 1.165) is 38.5 Å². The van der Waals surface area contributed by atoms with Crippen molar-refractivity contribution in [3.63, 3.8) is 0 Å². The van der Waals surface area contributed by atoms with Gasteiger partial charge in [0.25, 0.3) is 0 Å². The maximum Gasteiger partial charge on any atom is 0.132 e. The lowest BCUT2D eigenvalue weighted by molar-refractivity contribution is -1.11. The minimum atomic E-state index is -0.208. The summed E-state index contributed by atoms with van der Waals surface area (Å²) in [6.45, 7) is 3.73. The number of hydrogen-bond acceptors (Lipinski definition) is 4. The average Bonchev–Trinajstić information content (AvgIpc) is 3.42. The van der Waals surface area contributed by atoms with Gasteiger partial charge in [-0.1, -0.05) is 31.2 Å². The van der Waals surface area contributed by atoms with Crippen LogP contribution in [0.1, 0.15) is 69.8 Å². The molecule has 2 bridgehead atoms. The van der Waals surface area contributed by atoms with E-state index in [2.05, 4.69) is 48.3 Å². The third-order valence-corrected chi connectivity index (χ3v) is 11.3. The highest BCUT2D eigenvalue weighted by molar-refractivity contribution is 5.82. The predicted molar refractivity (Wildman–Crippen MR) is 144 cm³/mol. The number of hydroxylamine groups is 3. The van der Waals surface area contributed by atoms with E-state index in [-0.39, 0.29) is 27.3 Å². The molecule has 3 heterocycles. The van der Waals surface area contributed by atoms with Crippen LogP contribution in [0.25, 0.3) is 10.8 Å². The summed E-state index contributed by atoms with van der Waals surface area (Å²) >= 11 is 0. The second-order valence-corrected chi connectivity index (χ2v) is 13.0. The van der Waals surface area contributed by atoms with Gasteiger partial charge in [0, 0.05) is 37.7 Å². The van der Waals surface area contributed by atoms with E-state index in [4.69, 9.17) is 9.47 Å². The van der Waals surface area contributed by atoms with E-state index >= 15 is 0 Å². The molecule has 3 fully saturated rings. The second-order valence-electron chi connectivity index (χ2n) is 13.0. The first-order valence-electron chi connectivity index (χ1n) is 14.3. The number of quaternary nitrogens is 1. The summed E-state index contributed by atoms with van der Waals surface area (Å²) in [5.74, 6) is 1.06. The van der Waals surface area contributed by atoms with Gasteiger partial charge in [0.15, 0.2) is 0 Å². The first kappa shape index (κ1) is 24.0. The molecule has 196 valence electrons. The molecular weight excluding hydrogens is 460 g/mol. The molecule has 5 nitrogen and oxygen atoms in total. The third kappa shape index (κ3) is 3.40. The van der Waals surface area contributed by atoms with Crippen molar-refractivity contribution < 1.29 is 19.3 Å². The first-order chi connectivity index (χ1) is 17.8.